The van der Waals surface area contributed by atoms with Gasteiger partial charge in [-0.3, -0.25) is 4.90 Å². The first-order valence-corrected chi connectivity index (χ1v) is 7.50. The van der Waals surface area contributed by atoms with Crippen molar-refractivity contribution in [1.82, 2.24) is 19.8 Å². The summed E-state index contributed by atoms with van der Waals surface area (Å²) in [5.74, 6) is 0. The molecule has 1 saturated carbocycles. The van der Waals surface area contributed by atoms with Crippen LogP contribution in [0.1, 0.15) is 51.3 Å². The monoisotopic (exact) mass is 264 g/mol. The van der Waals surface area contributed by atoms with Gasteiger partial charge in [-0.15, -0.1) is 0 Å². The molecule has 1 aromatic heterocycles. The lowest BCUT2D eigenvalue weighted by Gasteiger charge is -2.34. The molecule has 4 nitrogen and oxygen atoms in total. The largest absolute Gasteiger partial charge is 0.331 e. The summed E-state index contributed by atoms with van der Waals surface area (Å²) in [6.07, 6.45) is 9.17. The summed E-state index contributed by atoms with van der Waals surface area (Å²) >= 11 is 0. The predicted octanol–water partition coefficient (Wildman–Crippen LogP) is 2.43. The smallest absolute Gasteiger partial charge is 0.0951 e. The van der Waals surface area contributed by atoms with E-state index in [-0.39, 0.29) is 0 Å². The number of nitrogens with zero attached hydrogens (tertiary/aromatic N) is 3. The third-order valence-electron chi connectivity index (χ3n) is 4.44. The second-order valence-corrected chi connectivity index (χ2v) is 6.10. The molecule has 1 aliphatic carbocycles. The van der Waals surface area contributed by atoms with E-state index in [1.165, 1.54) is 31.4 Å². The van der Waals surface area contributed by atoms with Crippen molar-refractivity contribution in [2.45, 2.75) is 64.2 Å². The zero-order valence-corrected chi connectivity index (χ0v) is 12.8. The number of hydrogen-bond donors (Lipinski definition) is 1. The van der Waals surface area contributed by atoms with E-state index in [1.54, 1.807) is 0 Å². The van der Waals surface area contributed by atoms with Gasteiger partial charge in [-0.1, -0.05) is 0 Å². The fourth-order valence-corrected chi connectivity index (χ4v) is 3.11. The minimum absolute atomic E-state index is 0.492. The predicted molar refractivity (Wildman–Crippen MR) is 79.2 cm³/mol. The lowest BCUT2D eigenvalue weighted by atomic mass is 9.90. The Balaban J connectivity index is 1.90. The molecule has 0 amide bonds. The molecule has 19 heavy (non-hydrogen) atoms. The standard InChI is InChI=1S/C15H28N4/c1-12(2)19-11-17-9-15(19)10-18(4)14-7-5-13(16-3)6-8-14/h9,11-14,16H,5-8,10H2,1-4H3. The molecule has 0 bridgehead atoms. The topological polar surface area (TPSA) is 33.1 Å². The van der Waals surface area contributed by atoms with E-state index in [2.05, 4.69) is 47.7 Å². The molecule has 0 saturated heterocycles. The van der Waals surface area contributed by atoms with Crippen molar-refractivity contribution in [3.05, 3.63) is 18.2 Å². The molecule has 0 unspecified atom stereocenters. The van der Waals surface area contributed by atoms with Gasteiger partial charge < -0.3 is 9.88 Å². The van der Waals surface area contributed by atoms with Crippen molar-refractivity contribution in [3.8, 4) is 0 Å². The van der Waals surface area contributed by atoms with Crippen LogP contribution >= 0.6 is 0 Å². The lowest BCUT2D eigenvalue weighted by Crippen LogP contribution is -2.39. The van der Waals surface area contributed by atoms with Crippen LogP contribution in [-0.4, -0.2) is 40.6 Å². The summed E-state index contributed by atoms with van der Waals surface area (Å²) in [5, 5.41) is 3.40. The first-order valence-electron chi connectivity index (χ1n) is 7.50. The molecular weight excluding hydrogens is 236 g/mol. The fraction of sp³-hybridized carbons (Fsp3) is 0.800. The van der Waals surface area contributed by atoms with Gasteiger partial charge in [0.25, 0.3) is 0 Å². The molecule has 1 fully saturated rings. The summed E-state index contributed by atoms with van der Waals surface area (Å²) in [4.78, 5) is 6.79. The Kier molecular flexibility index (Phi) is 4.99. The Labute approximate surface area is 117 Å². The van der Waals surface area contributed by atoms with Crippen LogP contribution in [0.4, 0.5) is 0 Å². The van der Waals surface area contributed by atoms with Crippen LogP contribution < -0.4 is 5.32 Å². The molecule has 0 radical (unpaired) electrons. The Morgan fingerprint density at radius 3 is 2.63 bits per heavy atom. The van der Waals surface area contributed by atoms with Crippen molar-refractivity contribution < 1.29 is 0 Å². The minimum Gasteiger partial charge on any atom is -0.331 e. The molecule has 1 aliphatic rings. The highest BCUT2D eigenvalue weighted by atomic mass is 15.2. The molecule has 4 heteroatoms. The zero-order valence-electron chi connectivity index (χ0n) is 12.8. The van der Waals surface area contributed by atoms with E-state index in [4.69, 9.17) is 0 Å². The van der Waals surface area contributed by atoms with Crippen LogP contribution in [0.15, 0.2) is 12.5 Å². The molecule has 1 heterocycles. The summed E-state index contributed by atoms with van der Waals surface area (Å²) in [7, 11) is 4.33. The van der Waals surface area contributed by atoms with E-state index in [9.17, 15) is 0 Å². The number of aromatic nitrogens is 2. The minimum atomic E-state index is 0.492. The quantitative estimate of drug-likeness (QED) is 0.886. The molecule has 0 aromatic carbocycles. The van der Waals surface area contributed by atoms with Crippen LogP contribution in [0.2, 0.25) is 0 Å². The van der Waals surface area contributed by atoms with E-state index in [1.807, 2.05) is 12.5 Å². The number of nitrogens with one attached hydrogen (secondary N) is 1. The van der Waals surface area contributed by atoms with Crippen LogP contribution in [-0.2, 0) is 6.54 Å². The molecule has 0 atom stereocenters. The average molecular weight is 264 g/mol. The normalized spacial score (nSPS) is 24.3. The molecular formula is C15H28N4. The lowest BCUT2D eigenvalue weighted by molar-refractivity contribution is 0.166. The maximum absolute atomic E-state index is 4.29. The summed E-state index contributed by atoms with van der Waals surface area (Å²) in [6, 6.07) is 1.94. The average Bonchev–Trinajstić information content (AvgIpc) is 2.87. The van der Waals surface area contributed by atoms with Crippen LogP contribution in [0.5, 0.6) is 0 Å². The summed E-state index contributed by atoms with van der Waals surface area (Å²) in [5.41, 5.74) is 1.33. The SMILES string of the molecule is CNC1CCC(N(C)Cc2cncn2C(C)C)CC1. The van der Waals surface area contributed by atoms with Crippen LogP contribution in [0.25, 0.3) is 0 Å². The van der Waals surface area contributed by atoms with Crippen molar-refractivity contribution >= 4 is 0 Å². The van der Waals surface area contributed by atoms with Gasteiger partial charge in [0.1, 0.15) is 0 Å². The maximum Gasteiger partial charge on any atom is 0.0951 e. The summed E-state index contributed by atoms with van der Waals surface area (Å²) < 4.78 is 2.27. The van der Waals surface area contributed by atoms with Gasteiger partial charge in [0.15, 0.2) is 0 Å². The van der Waals surface area contributed by atoms with E-state index in [0.29, 0.717) is 6.04 Å². The fourth-order valence-electron chi connectivity index (χ4n) is 3.11. The third kappa shape index (κ3) is 3.57. The first-order chi connectivity index (χ1) is 9.11. The van der Waals surface area contributed by atoms with Gasteiger partial charge in [-0.25, -0.2) is 4.98 Å². The highest BCUT2D eigenvalue weighted by molar-refractivity contribution is 5.00. The van der Waals surface area contributed by atoms with Crippen molar-refractivity contribution in [1.29, 1.82) is 0 Å². The second kappa shape index (κ2) is 6.53. The van der Waals surface area contributed by atoms with Gasteiger partial charge in [0.05, 0.1) is 12.0 Å². The highest BCUT2D eigenvalue weighted by Crippen LogP contribution is 2.23. The second-order valence-electron chi connectivity index (χ2n) is 6.10. The Hall–Kier alpha value is -0.870. The van der Waals surface area contributed by atoms with E-state index >= 15 is 0 Å². The van der Waals surface area contributed by atoms with Crippen molar-refractivity contribution in [3.63, 3.8) is 0 Å². The number of hydrogen-bond acceptors (Lipinski definition) is 3. The van der Waals surface area contributed by atoms with E-state index in [0.717, 1.165) is 18.6 Å². The Morgan fingerprint density at radius 1 is 1.37 bits per heavy atom. The van der Waals surface area contributed by atoms with Crippen molar-refractivity contribution in [2.24, 2.45) is 0 Å². The zero-order chi connectivity index (χ0) is 13.8. The van der Waals surface area contributed by atoms with Gasteiger partial charge in [-0.05, 0) is 53.6 Å². The van der Waals surface area contributed by atoms with Gasteiger partial charge in [0, 0.05) is 30.9 Å². The Morgan fingerprint density at radius 2 is 2.05 bits per heavy atom. The third-order valence-corrected chi connectivity index (χ3v) is 4.44. The summed E-state index contributed by atoms with van der Waals surface area (Å²) in [6.45, 7) is 5.43. The van der Waals surface area contributed by atoms with Gasteiger partial charge >= 0.3 is 0 Å². The Bertz CT molecular complexity index is 377. The van der Waals surface area contributed by atoms with E-state index < -0.39 is 0 Å². The maximum atomic E-state index is 4.29. The molecule has 0 aliphatic heterocycles. The molecule has 108 valence electrons. The molecule has 0 spiro atoms. The van der Waals surface area contributed by atoms with Crippen LogP contribution in [0, 0.1) is 0 Å². The first kappa shape index (κ1) is 14.5. The molecule has 2 rings (SSSR count). The van der Waals surface area contributed by atoms with Gasteiger partial charge in [-0.2, -0.15) is 0 Å². The molecule has 1 aromatic rings. The van der Waals surface area contributed by atoms with Crippen molar-refractivity contribution in [2.75, 3.05) is 14.1 Å². The number of rotatable bonds is 5. The number of imidazole rings is 1. The van der Waals surface area contributed by atoms with Gasteiger partial charge in [0.2, 0.25) is 0 Å². The van der Waals surface area contributed by atoms with Crippen LogP contribution in [0.3, 0.4) is 0 Å². The molecule has 1 N–H and O–H groups in total. The highest BCUT2D eigenvalue weighted by Gasteiger charge is 2.23.